The van der Waals surface area contributed by atoms with Crippen molar-refractivity contribution in [3.63, 3.8) is 0 Å². The van der Waals surface area contributed by atoms with Gasteiger partial charge in [0.15, 0.2) is 16.8 Å². The maximum atomic E-state index is 13.2. The molecule has 0 unspecified atom stereocenters. The number of hydrogen-bond acceptors (Lipinski definition) is 4. The third-order valence-corrected chi connectivity index (χ3v) is 3.90. The summed E-state index contributed by atoms with van der Waals surface area (Å²) in [5.74, 6) is -2.82. The first-order valence-electron chi connectivity index (χ1n) is 6.61. The number of benzene rings is 1. The van der Waals surface area contributed by atoms with Crippen LogP contribution in [0, 0.1) is 17.6 Å². The molecular weight excluding hydrogens is 312 g/mol. The molecule has 2 N–H and O–H groups in total. The Labute approximate surface area is 129 Å². The van der Waals surface area contributed by atoms with Crippen molar-refractivity contribution in [1.29, 1.82) is 0 Å². The van der Waals surface area contributed by atoms with Gasteiger partial charge in [-0.1, -0.05) is 25.2 Å². The standard InChI is InChI=1S/C14H15F2N3O2S/c1-6(2)12(17-7(3)20)13(21)19-14-18-10-4-8(15)9(16)5-11(10)22-14/h4-6,12H,1-3H3,(H,17,20)(H,18,19,21)/t12-/m1/s1. The molecular formula is C14H15F2N3O2S. The van der Waals surface area contributed by atoms with Crippen molar-refractivity contribution in [3.8, 4) is 0 Å². The summed E-state index contributed by atoms with van der Waals surface area (Å²) >= 11 is 1.03. The zero-order valence-electron chi connectivity index (χ0n) is 12.2. The lowest BCUT2D eigenvalue weighted by atomic mass is 10.0. The Balaban J connectivity index is 2.22. The number of halogens is 2. The molecule has 0 fully saturated rings. The van der Waals surface area contributed by atoms with Gasteiger partial charge in [0.1, 0.15) is 6.04 Å². The minimum absolute atomic E-state index is 0.117. The highest BCUT2D eigenvalue weighted by atomic mass is 32.1. The van der Waals surface area contributed by atoms with E-state index in [1.165, 1.54) is 6.92 Å². The monoisotopic (exact) mass is 327 g/mol. The molecule has 1 aromatic carbocycles. The van der Waals surface area contributed by atoms with Gasteiger partial charge in [0.05, 0.1) is 10.2 Å². The molecule has 0 spiro atoms. The lowest BCUT2D eigenvalue weighted by Crippen LogP contribution is -2.46. The first-order valence-corrected chi connectivity index (χ1v) is 7.43. The molecule has 1 aromatic heterocycles. The number of thiazole rings is 1. The van der Waals surface area contributed by atoms with Crippen molar-refractivity contribution in [2.24, 2.45) is 5.92 Å². The summed E-state index contributed by atoms with van der Waals surface area (Å²) in [6.07, 6.45) is 0. The molecule has 0 aliphatic heterocycles. The van der Waals surface area contributed by atoms with E-state index in [1.807, 2.05) is 0 Å². The number of aromatic nitrogens is 1. The fourth-order valence-corrected chi connectivity index (χ4v) is 2.79. The normalized spacial score (nSPS) is 12.5. The Morgan fingerprint density at radius 2 is 1.86 bits per heavy atom. The molecule has 0 radical (unpaired) electrons. The smallest absolute Gasteiger partial charge is 0.248 e. The number of rotatable bonds is 4. The number of nitrogens with zero attached hydrogens (tertiary/aromatic N) is 1. The Bertz CT molecular complexity index is 691. The Morgan fingerprint density at radius 1 is 1.23 bits per heavy atom. The Morgan fingerprint density at radius 3 is 2.45 bits per heavy atom. The molecule has 2 rings (SSSR count). The van der Waals surface area contributed by atoms with Crippen LogP contribution in [0.3, 0.4) is 0 Å². The molecule has 0 saturated carbocycles. The number of nitrogens with one attached hydrogen (secondary N) is 2. The molecule has 5 nitrogen and oxygen atoms in total. The molecule has 0 aliphatic rings. The highest BCUT2D eigenvalue weighted by molar-refractivity contribution is 7.22. The number of carbonyl (C=O) groups is 2. The van der Waals surface area contributed by atoms with Crippen LogP contribution in [-0.2, 0) is 9.59 Å². The van der Waals surface area contributed by atoms with Gasteiger partial charge in [0, 0.05) is 13.0 Å². The number of anilines is 1. The fraction of sp³-hybridized carbons (Fsp3) is 0.357. The molecule has 0 bridgehead atoms. The second kappa shape index (κ2) is 6.35. The van der Waals surface area contributed by atoms with Crippen LogP contribution in [0.1, 0.15) is 20.8 Å². The van der Waals surface area contributed by atoms with Gasteiger partial charge in [-0.2, -0.15) is 0 Å². The summed E-state index contributed by atoms with van der Waals surface area (Å²) in [5, 5.41) is 5.35. The third-order valence-electron chi connectivity index (χ3n) is 2.97. The number of amides is 2. The van der Waals surface area contributed by atoms with Crippen molar-refractivity contribution in [2.75, 3.05) is 5.32 Å². The first-order chi connectivity index (χ1) is 10.3. The van der Waals surface area contributed by atoms with E-state index in [2.05, 4.69) is 15.6 Å². The van der Waals surface area contributed by atoms with Crippen molar-refractivity contribution < 1.29 is 18.4 Å². The van der Waals surface area contributed by atoms with Crippen LogP contribution >= 0.6 is 11.3 Å². The average molecular weight is 327 g/mol. The predicted molar refractivity (Wildman–Crippen MR) is 80.6 cm³/mol. The first kappa shape index (κ1) is 16.3. The second-order valence-electron chi connectivity index (χ2n) is 5.16. The summed E-state index contributed by atoms with van der Waals surface area (Å²) in [7, 11) is 0. The predicted octanol–water partition coefficient (Wildman–Crippen LogP) is 2.67. The van der Waals surface area contributed by atoms with Gasteiger partial charge in [-0.15, -0.1) is 0 Å². The maximum absolute atomic E-state index is 13.2. The van der Waals surface area contributed by atoms with Gasteiger partial charge >= 0.3 is 0 Å². The summed E-state index contributed by atoms with van der Waals surface area (Å²) in [6, 6.07) is 1.30. The highest BCUT2D eigenvalue weighted by Crippen LogP contribution is 2.28. The van der Waals surface area contributed by atoms with E-state index < -0.39 is 23.6 Å². The van der Waals surface area contributed by atoms with Crippen LogP contribution in [0.4, 0.5) is 13.9 Å². The van der Waals surface area contributed by atoms with Crippen molar-refractivity contribution in [3.05, 3.63) is 23.8 Å². The minimum atomic E-state index is -0.992. The summed E-state index contributed by atoms with van der Waals surface area (Å²) in [4.78, 5) is 27.4. The lowest BCUT2D eigenvalue weighted by molar-refractivity contribution is -0.126. The molecule has 2 aromatic rings. The zero-order valence-corrected chi connectivity index (χ0v) is 13.1. The number of hydrogen-bond donors (Lipinski definition) is 2. The van der Waals surface area contributed by atoms with Crippen LogP contribution in [-0.4, -0.2) is 22.8 Å². The Kier molecular flexibility index (Phi) is 4.70. The quantitative estimate of drug-likeness (QED) is 0.907. The average Bonchev–Trinajstić information content (AvgIpc) is 2.77. The van der Waals surface area contributed by atoms with Crippen molar-refractivity contribution in [1.82, 2.24) is 10.3 Å². The maximum Gasteiger partial charge on any atom is 0.248 e. The topological polar surface area (TPSA) is 71.1 Å². The molecule has 0 aliphatic carbocycles. The summed E-state index contributed by atoms with van der Waals surface area (Å²) < 4.78 is 26.7. The van der Waals surface area contributed by atoms with Crippen LogP contribution in [0.2, 0.25) is 0 Å². The molecule has 2 amide bonds. The van der Waals surface area contributed by atoms with Crippen molar-refractivity contribution in [2.45, 2.75) is 26.8 Å². The number of carbonyl (C=O) groups excluding carboxylic acids is 2. The van der Waals surface area contributed by atoms with E-state index in [0.29, 0.717) is 4.70 Å². The highest BCUT2D eigenvalue weighted by Gasteiger charge is 2.24. The van der Waals surface area contributed by atoms with Crippen LogP contribution in [0.15, 0.2) is 12.1 Å². The molecule has 118 valence electrons. The van der Waals surface area contributed by atoms with Crippen molar-refractivity contribution >= 4 is 38.5 Å². The van der Waals surface area contributed by atoms with Gasteiger partial charge < -0.3 is 10.6 Å². The van der Waals surface area contributed by atoms with Gasteiger partial charge in [-0.25, -0.2) is 13.8 Å². The summed E-state index contributed by atoms with van der Waals surface area (Å²) in [6.45, 7) is 4.92. The second-order valence-corrected chi connectivity index (χ2v) is 6.20. The third kappa shape index (κ3) is 3.56. The van der Waals surface area contributed by atoms with Crippen LogP contribution < -0.4 is 10.6 Å². The van der Waals surface area contributed by atoms with E-state index in [1.54, 1.807) is 13.8 Å². The van der Waals surface area contributed by atoms with E-state index in [4.69, 9.17) is 0 Å². The SMILES string of the molecule is CC(=O)N[C@@H](C(=O)Nc1nc2cc(F)c(F)cc2s1)C(C)C. The molecule has 1 atom stereocenters. The van der Waals surface area contributed by atoms with E-state index in [9.17, 15) is 18.4 Å². The van der Waals surface area contributed by atoms with Crippen LogP contribution in [0.25, 0.3) is 10.2 Å². The van der Waals surface area contributed by atoms with Gasteiger partial charge in [-0.05, 0) is 12.0 Å². The van der Waals surface area contributed by atoms with Gasteiger partial charge in [0.25, 0.3) is 0 Å². The number of fused-ring (bicyclic) bond motifs is 1. The molecule has 22 heavy (non-hydrogen) atoms. The fourth-order valence-electron chi connectivity index (χ4n) is 1.91. The molecule has 8 heteroatoms. The minimum Gasteiger partial charge on any atom is -0.344 e. The Hall–Kier alpha value is -2.09. The largest absolute Gasteiger partial charge is 0.344 e. The van der Waals surface area contributed by atoms with E-state index in [0.717, 1.165) is 23.5 Å². The van der Waals surface area contributed by atoms with Crippen LogP contribution in [0.5, 0.6) is 0 Å². The molecule has 0 saturated heterocycles. The lowest BCUT2D eigenvalue weighted by Gasteiger charge is -2.19. The van der Waals surface area contributed by atoms with Gasteiger partial charge in [0.2, 0.25) is 11.8 Å². The van der Waals surface area contributed by atoms with E-state index in [-0.39, 0.29) is 22.5 Å². The summed E-state index contributed by atoms with van der Waals surface area (Å²) in [5.41, 5.74) is 0.264. The zero-order chi connectivity index (χ0) is 16.4. The molecule has 1 heterocycles. The van der Waals surface area contributed by atoms with Gasteiger partial charge in [-0.3, -0.25) is 9.59 Å². The van der Waals surface area contributed by atoms with E-state index >= 15 is 0 Å².